The van der Waals surface area contributed by atoms with Crippen LogP contribution in [0.25, 0.3) is 10.4 Å². The van der Waals surface area contributed by atoms with E-state index in [-0.39, 0.29) is 36.6 Å². The molecule has 3 N–H and O–H groups in total. The third-order valence-corrected chi connectivity index (χ3v) is 7.73. The van der Waals surface area contributed by atoms with Crippen LogP contribution < -0.4 is 10.6 Å². The molecule has 36 heavy (non-hydrogen) atoms. The van der Waals surface area contributed by atoms with E-state index >= 15 is 0 Å². The smallest absolute Gasteiger partial charge is 0.246 e. The highest BCUT2D eigenvalue weighted by molar-refractivity contribution is 7.13. The summed E-state index contributed by atoms with van der Waals surface area (Å²) in [5.41, 5.74) is 4.25. The van der Waals surface area contributed by atoms with Crippen molar-refractivity contribution in [2.24, 2.45) is 11.3 Å². The van der Waals surface area contributed by atoms with Crippen molar-refractivity contribution in [1.29, 1.82) is 0 Å². The van der Waals surface area contributed by atoms with E-state index in [0.717, 1.165) is 21.7 Å². The van der Waals surface area contributed by atoms with Gasteiger partial charge >= 0.3 is 0 Å². The first-order chi connectivity index (χ1) is 16.9. The fourth-order valence-corrected chi connectivity index (χ4v) is 5.06. The van der Waals surface area contributed by atoms with Crippen LogP contribution >= 0.6 is 11.3 Å². The Morgan fingerprint density at radius 2 is 1.89 bits per heavy atom. The number of aliphatic hydroxyl groups excluding tert-OH is 1. The van der Waals surface area contributed by atoms with Gasteiger partial charge in [-0.05, 0) is 29.9 Å². The monoisotopic (exact) mass is 514 g/mol. The van der Waals surface area contributed by atoms with E-state index in [9.17, 15) is 19.5 Å². The van der Waals surface area contributed by atoms with Gasteiger partial charge in [0.1, 0.15) is 12.1 Å². The topological polar surface area (TPSA) is 112 Å². The van der Waals surface area contributed by atoms with Gasteiger partial charge in [-0.3, -0.25) is 14.4 Å². The quantitative estimate of drug-likeness (QED) is 0.501. The average molecular weight is 515 g/mol. The van der Waals surface area contributed by atoms with Crippen LogP contribution in [0, 0.1) is 18.3 Å². The van der Waals surface area contributed by atoms with Crippen LogP contribution in [-0.4, -0.2) is 57.4 Å². The maximum Gasteiger partial charge on any atom is 0.246 e. The summed E-state index contributed by atoms with van der Waals surface area (Å²) in [6.07, 6.45) is 0.0319. The van der Waals surface area contributed by atoms with Gasteiger partial charge in [0.15, 0.2) is 0 Å². The molecule has 1 saturated heterocycles. The number of rotatable bonds is 8. The molecule has 0 radical (unpaired) electrons. The van der Waals surface area contributed by atoms with E-state index < -0.39 is 23.6 Å². The van der Waals surface area contributed by atoms with E-state index in [1.54, 1.807) is 11.3 Å². The van der Waals surface area contributed by atoms with Gasteiger partial charge in [0, 0.05) is 25.4 Å². The number of aryl methyl sites for hydroxylation is 1. The van der Waals surface area contributed by atoms with Crippen LogP contribution in [0.5, 0.6) is 0 Å². The highest BCUT2D eigenvalue weighted by Crippen LogP contribution is 2.28. The fourth-order valence-electron chi connectivity index (χ4n) is 4.25. The molecular weight excluding hydrogens is 476 g/mol. The molecule has 1 aromatic heterocycles. The van der Waals surface area contributed by atoms with Crippen LogP contribution in [0.2, 0.25) is 0 Å². The number of hydrogen-bond acceptors (Lipinski definition) is 6. The summed E-state index contributed by atoms with van der Waals surface area (Å²) in [6.45, 7) is 11.7. The lowest BCUT2D eigenvalue weighted by atomic mass is 9.85. The molecule has 1 aromatic carbocycles. The minimum Gasteiger partial charge on any atom is -0.391 e. The first-order valence-electron chi connectivity index (χ1n) is 12.5. The third kappa shape index (κ3) is 6.50. The number of likely N-dealkylation sites (tertiary alicyclic amines) is 1. The second kappa shape index (κ2) is 11.5. The summed E-state index contributed by atoms with van der Waals surface area (Å²) in [5.74, 6) is -1.08. The van der Waals surface area contributed by atoms with Crippen molar-refractivity contribution in [2.75, 3.05) is 6.54 Å². The fraction of sp³-hybridized carbons (Fsp3) is 0.556. The Morgan fingerprint density at radius 3 is 2.44 bits per heavy atom. The molecule has 2 unspecified atom stereocenters. The first-order valence-corrected chi connectivity index (χ1v) is 13.4. The third-order valence-electron chi connectivity index (χ3n) is 6.75. The molecule has 1 fully saturated rings. The maximum absolute atomic E-state index is 13.6. The zero-order valence-electron chi connectivity index (χ0n) is 22.0. The Balaban J connectivity index is 1.68. The van der Waals surface area contributed by atoms with Gasteiger partial charge in [-0.15, -0.1) is 11.3 Å². The molecule has 196 valence electrons. The number of thiazole rings is 1. The van der Waals surface area contributed by atoms with Gasteiger partial charge < -0.3 is 20.6 Å². The van der Waals surface area contributed by atoms with Crippen LogP contribution in [0.3, 0.4) is 0 Å². The minimum absolute atomic E-state index is 0.0611. The van der Waals surface area contributed by atoms with E-state index in [4.69, 9.17) is 0 Å². The second-order valence-corrected chi connectivity index (χ2v) is 11.5. The standard InChI is InChI=1S/C27H38N4O4S/c1-7-16(2)24(33)30-23(27(4,5)6)26(35)31-14-20(32)12-21(31)25(34)28-13-18-8-10-19(11-9-18)22-17(3)29-15-36-22/h8-11,15-16,20-21,23,32H,7,12-14H2,1-6H3,(H,28,34)(H,30,33)/t16?,20-,21+,23?/m1/s1. The SMILES string of the molecule is CCC(C)C(=O)NC(C(=O)N1C[C@H](O)C[C@H]1C(=O)NCc1ccc(-c2scnc2C)cc1)C(C)(C)C. The van der Waals surface area contributed by atoms with Crippen molar-refractivity contribution >= 4 is 29.1 Å². The molecule has 8 nitrogen and oxygen atoms in total. The highest BCUT2D eigenvalue weighted by atomic mass is 32.1. The zero-order valence-corrected chi connectivity index (χ0v) is 22.8. The van der Waals surface area contributed by atoms with Gasteiger partial charge in [0.25, 0.3) is 0 Å². The molecule has 4 atom stereocenters. The van der Waals surface area contributed by atoms with Crippen molar-refractivity contribution in [3.8, 4) is 10.4 Å². The van der Waals surface area contributed by atoms with Gasteiger partial charge in [-0.25, -0.2) is 4.98 Å². The Hall–Kier alpha value is -2.78. The van der Waals surface area contributed by atoms with E-state index in [2.05, 4.69) is 15.6 Å². The van der Waals surface area contributed by atoms with E-state index in [0.29, 0.717) is 13.0 Å². The molecular formula is C27H38N4O4S. The molecule has 3 amide bonds. The van der Waals surface area contributed by atoms with Crippen molar-refractivity contribution < 1.29 is 19.5 Å². The predicted octanol–water partition coefficient (Wildman–Crippen LogP) is 3.27. The summed E-state index contributed by atoms with van der Waals surface area (Å²) >= 11 is 1.59. The van der Waals surface area contributed by atoms with Gasteiger partial charge in [0.2, 0.25) is 17.7 Å². The number of nitrogens with one attached hydrogen (secondary N) is 2. The van der Waals surface area contributed by atoms with Crippen LogP contribution in [0.15, 0.2) is 29.8 Å². The summed E-state index contributed by atoms with van der Waals surface area (Å²) in [7, 11) is 0. The number of amides is 3. The highest BCUT2D eigenvalue weighted by Gasteiger charge is 2.44. The number of benzene rings is 1. The van der Waals surface area contributed by atoms with Crippen molar-refractivity contribution in [1.82, 2.24) is 20.5 Å². The summed E-state index contributed by atoms with van der Waals surface area (Å²) in [4.78, 5) is 46.1. The molecule has 0 aliphatic carbocycles. The Morgan fingerprint density at radius 1 is 1.22 bits per heavy atom. The predicted molar refractivity (Wildman–Crippen MR) is 141 cm³/mol. The van der Waals surface area contributed by atoms with E-state index in [1.165, 1.54) is 4.90 Å². The van der Waals surface area contributed by atoms with Crippen LogP contribution in [-0.2, 0) is 20.9 Å². The van der Waals surface area contributed by atoms with Gasteiger partial charge in [-0.1, -0.05) is 58.9 Å². The number of nitrogens with zero attached hydrogens (tertiary/aromatic N) is 2. The molecule has 9 heteroatoms. The van der Waals surface area contributed by atoms with Crippen LogP contribution in [0.4, 0.5) is 0 Å². The summed E-state index contributed by atoms with van der Waals surface area (Å²) in [6, 6.07) is 6.33. The minimum atomic E-state index is -0.803. The lowest BCUT2D eigenvalue weighted by Crippen LogP contribution is -2.58. The summed E-state index contributed by atoms with van der Waals surface area (Å²) < 4.78 is 0. The Labute approximate surface area is 217 Å². The van der Waals surface area contributed by atoms with Gasteiger partial charge in [0.05, 0.1) is 22.2 Å². The lowest BCUT2D eigenvalue weighted by molar-refractivity contribution is -0.144. The van der Waals surface area contributed by atoms with Crippen molar-refractivity contribution in [2.45, 2.75) is 79.1 Å². The maximum atomic E-state index is 13.6. The zero-order chi connectivity index (χ0) is 26.6. The van der Waals surface area contributed by atoms with Crippen molar-refractivity contribution in [3.05, 3.63) is 41.0 Å². The van der Waals surface area contributed by atoms with Gasteiger partial charge in [-0.2, -0.15) is 0 Å². The number of hydrogen-bond donors (Lipinski definition) is 3. The largest absolute Gasteiger partial charge is 0.391 e. The van der Waals surface area contributed by atoms with Crippen molar-refractivity contribution in [3.63, 3.8) is 0 Å². The lowest BCUT2D eigenvalue weighted by Gasteiger charge is -2.35. The number of carbonyl (C=O) groups is 3. The number of carbonyl (C=O) groups excluding carboxylic acids is 3. The Bertz CT molecular complexity index is 1080. The molecule has 2 heterocycles. The number of β-amino-alcohol motifs (C(OH)–C–C–N with tert-alkyl or cyclic N) is 1. The first kappa shape index (κ1) is 27.8. The average Bonchev–Trinajstić information content (AvgIpc) is 3.44. The molecule has 0 bridgehead atoms. The van der Waals surface area contributed by atoms with Crippen LogP contribution in [0.1, 0.15) is 58.7 Å². The second-order valence-electron chi connectivity index (χ2n) is 10.7. The normalized spacial score (nSPS) is 19.6. The number of aliphatic hydroxyl groups is 1. The molecule has 0 spiro atoms. The molecule has 2 aromatic rings. The molecule has 3 rings (SSSR count). The Kier molecular flexibility index (Phi) is 8.89. The summed E-state index contributed by atoms with van der Waals surface area (Å²) in [5, 5.41) is 16.1. The van der Waals surface area contributed by atoms with E-state index in [1.807, 2.05) is 71.3 Å². The molecule has 0 saturated carbocycles. The number of aromatic nitrogens is 1. The molecule has 1 aliphatic heterocycles. The molecule has 1 aliphatic rings.